The molecule has 0 aromatic carbocycles. The van der Waals surface area contributed by atoms with E-state index in [-0.39, 0.29) is 6.04 Å². The predicted molar refractivity (Wildman–Crippen MR) is 55.4 cm³/mol. The summed E-state index contributed by atoms with van der Waals surface area (Å²) >= 11 is 0. The average molecular weight is 207 g/mol. The van der Waals surface area contributed by atoms with Gasteiger partial charge in [-0.2, -0.15) is 5.10 Å². The molecule has 6 nitrogen and oxygen atoms in total. The van der Waals surface area contributed by atoms with Crippen molar-refractivity contribution in [3.8, 4) is 0 Å². The molecule has 0 unspecified atom stereocenters. The average Bonchev–Trinajstić information content (AvgIpc) is 2.67. The van der Waals surface area contributed by atoms with Gasteiger partial charge >= 0.3 is 6.03 Å². The summed E-state index contributed by atoms with van der Waals surface area (Å²) in [6, 6.07) is 3.39. The molecule has 2 rings (SSSR count). The molecular formula is C9H13N5O. The number of hydrogen-bond donors (Lipinski definition) is 2. The van der Waals surface area contributed by atoms with E-state index in [1.165, 1.54) is 0 Å². The van der Waals surface area contributed by atoms with E-state index < -0.39 is 6.03 Å². The number of rotatable bonds is 2. The molecule has 80 valence electrons. The number of aromatic nitrogens is 2. The Bertz CT molecular complexity index is 342. The number of urea groups is 1. The van der Waals surface area contributed by atoms with Crippen molar-refractivity contribution in [3.05, 3.63) is 18.3 Å². The van der Waals surface area contributed by atoms with Gasteiger partial charge in [0.05, 0.1) is 0 Å². The minimum atomic E-state index is -0.471. The van der Waals surface area contributed by atoms with Crippen molar-refractivity contribution in [3.63, 3.8) is 0 Å². The third-order valence-electron chi connectivity index (χ3n) is 2.42. The van der Waals surface area contributed by atoms with E-state index in [2.05, 4.69) is 20.4 Å². The highest BCUT2D eigenvalue weighted by Gasteiger charge is 2.23. The lowest BCUT2D eigenvalue weighted by Crippen LogP contribution is -2.40. The van der Waals surface area contributed by atoms with Gasteiger partial charge in [-0.25, -0.2) is 4.79 Å². The van der Waals surface area contributed by atoms with Gasteiger partial charge in [-0.1, -0.05) is 0 Å². The van der Waals surface area contributed by atoms with Gasteiger partial charge in [-0.3, -0.25) is 0 Å². The van der Waals surface area contributed by atoms with Crippen LogP contribution in [0.3, 0.4) is 0 Å². The van der Waals surface area contributed by atoms with Crippen LogP contribution < -0.4 is 16.0 Å². The van der Waals surface area contributed by atoms with E-state index in [1.54, 1.807) is 6.20 Å². The minimum Gasteiger partial charge on any atom is -0.353 e. The molecule has 3 N–H and O–H groups in total. The maximum absolute atomic E-state index is 10.7. The number of nitrogens with two attached hydrogens (primary N) is 1. The third kappa shape index (κ3) is 2.34. The summed E-state index contributed by atoms with van der Waals surface area (Å²) < 4.78 is 0. The van der Waals surface area contributed by atoms with Gasteiger partial charge in [0, 0.05) is 25.3 Å². The number of carbonyl (C=O) groups is 1. The zero-order valence-electron chi connectivity index (χ0n) is 8.26. The van der Waals surface area contributed by atoms with E-state index in [0.717, 1.165) is 25.3 Å². The molecule has 2 heterocycles. The van der Waals surface area contributed by atoms with E-state index in [4.69, 9.17) is 5.73 Å². The fraction of sp³-hybridized carbons (Fsp3) is 0.444. The highest BCUT2D eigenvalue weighted by molar-refractivity contribution is 5.72. The number of carbonyl (C=O) groups excluding carboxylic acids is 1. The Kier molecular flexibility index (Phi) is 2.66. The second-order valence-corrected chi connectivity index (χ2v) is 3.52. The number of hydrogen-bond acceptors (Lipinski definition) is 4. The predicted octanol–water partition coefficient (Wildman–Crippen LogP) is -0.276. The summed E-state index contributed by atoms with van der Waals surface area (Å²) in [5, 5.41) is 10.5. The summed E-state index contributed by atoms with van der Waals surface area (Å²) in [4.78, 5) is 12.7. The summed E-state index contributed by atoms with van der Waals surface area (Å²) in [6.45, 7) is 1.60. The Balaban J connectivity index is 1.96. The second kappa shape index (κ2) is 4.12. The lowest BCUT2D eigenvalue weighted by Gasteiger charge is -2.16. The molecule has 1 atom stereocenters. The largest absolute Gasteiger partial charge is 0.353 e. The lowest BCUT2D eigenvalue weighted by atomic mass is 10.3. The summed E-state index contributed by atoms with van der Waals surface area (Å²) in [5.41, 5.74) is 5.06. The zero-order chi connectivity index (χ0) is 10.7. The molecule has 15 heavy (non-hydrogen) atoms. The fourth-order valence-corrected chi connectivity index (χ4v) is 1.75. The van der Waals surface area contributed by atoms with Gasteiger partial charge in [-0.15, -0.1) is 5.10 Å². The number of amides is 2. The van der Waals surface area contributed by atoms with Crippen LogP contribution in [0.1, 0.15) is 6.42 Å². The van der Waals surface area contributed by atoms with Crippen LogP contribution in [0.5, 0.6) is 0 Å². The molecule has 0 saturated carbocycles. The smallest absolute Gasteiger partial charge is 0.312 e. The minimum absolute atomic E-state index is 0.115. The van der Waals surface area contributed by atoms with Gasteiger partial charge < -0.3 is 16.0 Å². The molecule has 1 fully saturated rings. The lowest BCUT2D eigenvalue weighted by molar-refractivity contribution is 0.246. The van der Waals surface area contributed by atoms with E-state index in [0.29, 0.717) is 0 Å². The van der Waals surface area contributed by atoms with E-state index >= 15 is 0 Å². The molecule has 1 aliphatic rings. The quantitative estimate of drug-likeness (QED) is 0.698. The number of nitrogens with zero attached hydrogens (tertiary/aromatic N) is 3. The first kappa shape index (κ1) is 9.70. The Hall–Kier alpha value is -1.85. The van der Waals surface area contributed by atoms with Crippen LogP contribution >= 0.6 is 0 Å². The van der Waals surface area contributed by atoms with Crippen molar-refractivity contribution in [2.45, 2.75) is 12.5 Å². The topological polar surface area (TPSA) is 84.1 Å². The van der Waals surface area contributed by atoms with Crippen LogP contribution in [0, 0.1) is 0 Å². The van der Waals surface area contributed by atoms with E-state index in [1.807, 2.05) is 12.1 Å². The molecule has 1 saturated heterocycles. The molecule has 1 aromatic rings. The molecule has 0 spiro atoms. The first-order chi connectivity index (χ1) is 7.25. The molecule has 6 heteroatoms. The van der Waals surface area contributed by atoms with Gasteiger partial charge in [-0.05, 0) is 18.6 Å². The highest BCUT2D eigenvalue weighted by Crippen LogP contribution is 2.16. The summed E-state index contributed by atoms with van der Waals surface area (Å²) in [5.74, 6) is 0.839. The molecule has 1 aliphatic heterocycles. The molecule has 0 bridgehead atoms. The number of primary amides is 1. The van der Waals surface area contributed by atoms with Crippen molar-refractivity contribution in [1.82, 2.24) is 15.5 Å². The van der Waals surface area contributed by atoms with Crippen LogP contribution in [0.15, 0.2) is 18.3 Å². The first-order valence-corrected chi connectivity index (χ1v) is 4.84. The van der Waals surface area contributed by atoms with Crippen molar-refractivity contribution in [1.29, 1.82) is 0 Å². The Morgan fingerprint density at radius 2 is 2.53 bits per heavy atom. The second-order valence-electron chi connectivity index (χ2n) is 3.52. The fourth-order valence-electron chi connectivity index (χ4n) is 1.75. The molecule has 0 radical (unpaired) electrons. The van der Waals surface area contributed by atoms with Gasteiger partial charge in [0.1, 0.15) is 0 Å². The van der Waals surface area contributed by atoms with Crippen molar-refractivity contribution < 1.29 is 4.79 Å². The monoisotopic (exact) mass is 207 g/mol. The number of anilines is 1. The highest BCUT2D eigenvalue weighted by atomic mass is 16.2. The normalized spacial score (nSPS) is 20.3. The molecular weight excluding hydrogens is 194 g/mol. The van der Waals surface area contributed by atoms with Crippen LogP contribution in [0.4, 0.5) is 10.6 Å². The van der Waals surface area contributed by atoms with Crippen molar-refractivity contribution in [2.75, 3.05) is 18.0 Å². The standard InChI is InChI=1S/C9H13N5O/c10-9(15)12-7-3-5-14(6-7)8-2-1-4-11-13-8/h1-2,4,7H,3,5-6H2,(H3,10,12,15)/t7-/m0/s1. The zero-order valence-corrected chi connectivity index (χ0v) is 8.26. The Morgan fingerprint density at radius 1 is 1.67 bits per heavy atom. The van der Waals surface area contributed by atoms with Crippen LogP contribution in [-0.4, -0.2) is 35.4 Å². The van der Waals surface area contributed by atoms with Crippen LogP contribution in [-0.2, 0) is 0 Å². The van der Waals surface area contributed by atoms with Crippen LogP contribution in [0.25, 0.3) is 0 Å². The maximum atomic E-state index is 10.7. The number of nitrogens with one attached hydrogen (secondary N) is 1. The summed E-state index contributed by atoms with van der Waals surface area (Å²) in [7, 11) is 0. The van der Waals surface area contributed by atoms with Crippen molar-refractivity contribution >= 4 is 11.8 Å². The first-order valence-electron chi connectivity index (χ1n) is 4.84. The van der Waals surface area contributed by atoms with E-state index in [9.17, 15) is 4.79 Å². The summed E-state index contributed by atoms with van der Waals surface area (Å²) in [6.07, 6.45) is 2.53. The van der Waals surface area contributed by atoms with Crippen LogP contribution in [0.2, 0.25) is 0 Å². The molecule has 2 amide bonds. The van der Waals surface area contributed by atoms with Gasteiger partial charge in [0.25, 0.3) is 0 Å². The SMILES string of the molecule is NC(=O)N[C@H]1CCN(c2cccnn2)C1. The van der Waals surface area contributed by atoms with Gasteiger partial charge in [0.15, 0.2) is 5.82 Å². The Morgan fingerprint density at radius 3 is 3.20 bits per heavy atom. The maximum Gasteiger partial charge on any atom is 0.312 e. The van der Waals surface area contributed by atoms with Gasteiger partial charge in [0.2, 0.25) is 0 Å². The Labute approximate surface area is 87.5 Å². The van der Waals surface area contributed by atoms with Crippen molar-refractivity contribution in [2.24, 2.45) is 5.73 Å². The third-order valence-corrected chi connectivity index (χ3v) is 2.42. The molecule has 0 aliphatic carbocycles. The molecule has 1 aromatic heterocycles.